The normalized spacial score (nSPS) is 19.0. The number of benzene rings is 1. The van der Waals surface area contributed by atoms with Crippen molar-refractivity contribution in [3.63, 3.8) is 0 Å². The van der Waals surface area contributed by atoms with Crippen LogP contribution in [0, 0.1) is 0 Å². The predicted molar refractivity (Wildman–Crippen MR) is 108 cm³/mol. The highest BCUT2D eigenvalue weighted by atomic mass is 16.6. The summed E-state index contributed by atoms with van der Waals surface area (Å²) in [5, 5.41) is 0. The van der Waals surface area contributed by atoms with Gasteiger partial charge in [-0.1, -0.05) is 25.0 Å². The number of rotatable bonds is 4. The molecule has 0 N–H and O–H groups in total. The Morgan fingerprint density at radius 1 is 1.11 bits per heavy atom. The molecule has 3 heterocycles. The molecule has 148 valence electrons. The van der Waals surface area contributed by atoms with Crippen molar-refractivity contribution < 1.29 is 14.3 Å². The fourth-order valence-electron chi connectivity index (χ4n) is 3.76. The molecular weight excluding hydrogens is 354 g/mol. The van der Waals surface area contributed by atoms with Crippen molar-refractivity contribution in [2.45, 2.75) is 31.8 Å². The lowest BCUT2D eigenvalue weighted by Crippen LogP contribution is -2.41. The zero-order valence-corrected chi connectivity index (χ0v) is 16.3. The summed E-state index contributed by atoms with van der Waals surface area (Å²) in [6.45, 7) is 2.98. The minimum atomic E-state index is -0.187. The molecule has 1 aromatic carbocycles. The fraction of sp³-hybridized carbons (Fsp3) is 0.455. The average molecular weight is 381 g/mol. The third kappa shape index (κ3) is 4.21. The molecular formula is C22H27N3O3. The van der Waals surface area contributed by atoms with E-state index in [-0.39, 0.29) is 12.0 Å². The number of hydrogen-bond donors (Lipinski definition) is 0. The number of carbonyl (C=O) groups excluding carboxylic acids is 1. The summed E-state index contributed by atoms with van der Waals surface area (Å²) in [6, 6.07) is 11.4. The molecule has 4 rings (SSSR count). The molecule has 1 saturated heterocycles. The van der Waals surface area contributed by atoms with E-state index >= 15 is 0 Å². The van der Waals surface area contributed by atoms with Gasteiger partial charge in [-0.2, -0.15) is 0 Å². The van der Waals surface area contributed by atoms with Gasteiger partial charge in [0.1, 0.15) is 12.4 Å². The fourth-order valence-corrected chi connectivity index (χ4v) is 3.76. The number of para-hydroxylation sites is 2. The highest BCUT2D eigenvalue weighted by Gasteiger charge is 2.24. The molecule has 1 atom stereocenters. The van der Waals surface area contributed by atoms with Gasteiger partial charge in [0, 0.05) is 26.3 Å². The summed E-state index contributed by atoms with van der Waals surface area (Å²) in [5.74, 6) is 2.38. The Labute approximate surface area is 166 Å². The van der Waals surface area contributed by atoms with Gasteiger partial charge in [0.25, 0.3) is 5.91 Å². The number of nitrogens with zero attached hydrogens (tertiary/aromatic N) is 3. The van der Waals surface area contributed by atoms with Crippen molar-refractivity contribution in [2.24, 2.45) is 0 Å². The third-order valence-corrected chi connectivity index (χ3v) is 5.32. The first kappa shape index (κ1) is 18.6. The van der Waals surface area contributed by atoms with Crippen LogP contribution in [0.5, 0.6) is 11.5 Å². The van der Waals surface area contributed by atoms with E-state index in [1.54, 1.807) is 18.1 Å². The van der Waals surface area contributed by atoms with Crippen LogP contribution >= 0.6 is 0 Å². The van der Waals surface area contributed by atoms with Crippen molar-refractivity contribution in [1.29, 1.82) is 0 Å². The number of ether oxygens (including phenoxy) is 2. The summed E-state index contributed by atoms with van der Waals surface area (Å²) in [6.07, 6.45) is 6.49. The van der Waals surface area contributed by atoms with E-state index in [1.165, 1.54) is 25.7 Å². The standard InChI is InChI=1S/C22H27N3O3/c1-24(15-18-16-27-19-8-4-5-9-20(19)28-18)22(26)17-10-11-21(23-14-17)25-12-6-2-3-7-13-25/h4-5,8-11,14,18H,2-3,6-7,12-13,15-16H2,1H3. The highest BCUT2D eigenvalue weighted by Crippen LogP contribution is 2.31. The summed E-state index contributed by atoms with van der Waals surface area (Å²) in [7, 11) is 1.79. The molecule has 1 aromatic heterocycles. The molecule has 0 radical (unpaired) electrons. The number of hydrogen-bond acceptors (Lipinski definition) is 5. The second kappa shape index (κ2) is 8.50. The molecule has 2 aliphatic rings. The molecule has 0 bridgehead atoms. The number of carbonyl (C=O) groups is 1. The molecule has 28 heavy (non-hydrogen) atoms. The van der Waals surface area contributed by atoms with Gasteiger partial charge in [-0.25, -0.2) is 4.98 Å². The lowest BCUT2D eigenvalue weighted by Gasteiger charge is -2.29. The number of anilines is 1. The van der Waals surface area contributed by atoms with E-state index in [4.69, 9.17) is 9.47 Å². The summed E-state index contributed by atoms with van der Waals surface area (Å²) in [5.41, 5.74) is 0.596. The van der Waals surface area contributed by atoms with E-state index in [0.717, 1.165) is 30.4 Å². The minimum Gasteiger partial charge on any atom is -0.486 e. The van der Waals surface area contributed by atoms with E-state index < -0.39 is 0 Å². The Balaban J connectivity index is 1.36. The van der Waals surface area contributed by atoms with Crippen molar-refractivity contribution in [3.05, 3.63) is 48.2 Å². The van der Waals surface area contributed by atoms with Gasteiger partial charge < -0.3 is 19.3 Å². The van der Waals surface area contributed by atoms with Crippen LogP contribution in [0.25, 0.3) is 0 Å². The molecule has 2 aliphatic heterocycles. The summed E-state index contributed by atoms with van der Waals surface area (Å²) < 4.78 is 11.7. The maximum absolute atomic E-state index is 12.8. The number of fused-ring (bicyclic) bond motifs is 1. The van der Waals surface area contributed by atoms with Crippen LogP contribution in [0.2, 0.25) is 0 Å². The van der Waals surface area contributed by atoms with Gasteiger partial charge in [0.15, 0.2) is 17.6 Å². The van der Waals surface area contributed by atoms with Crippen molar-refractivity contribution >= 4 is 11.7 Å². The SMILES string of the molecule is CN(CC1COc2ccccc2O1)C(=O)c1ccc(N2CCCCCC2)nc1. The van der Waals surface area contributed by atoms with E-state index in [0.29, 0.717) is 18.7 Å². The molecule has 1 fully saturated rings. The van der Waals surface area contributed by atoms with E-state index in [9.17, 15) is 4.79 Å². The third-order valence-electron chi connectivity index (χ3n) is 5.32. The number of aromatic nitrogens is 1. The van der Waals surface area contributed by atoms with Crippen LogP contribution in [0.3, 0.4) is 0 Å². The van der Waals surface area contributed by atoms with Crippen LogP contribution in [0.1, 0.15) is 36.0 Å². The Hall–Kier alpha value is -2.76. The zero-order valence-electron chi connectivity index (χ0n) is 16.3. The van der Waals surface area contributed by atoms with Crippen molar-refractivity contribution in [1.82, 2.24) is 9.88 Å². The van der Waals surface area contributed by atoms with Gasteiger partial charge in [0.2, 0.25) is 0 Å². The number of amides is 1. The topological polar surface area (TPSA) is 54.9 Å². The minimum absolute atomic E-state index is 0.0580. The van der Waals surface area contributed by atoms with Crippen LogP contribution in [0.4, 0.5) is 5.82 Å². The van der Waals surface area contributed by atoms with Crippen LogP contribution < -0.4 is 14.4 Å². The Bertz CT molecular complexity index is 801. The van der Waals surface area contributed by atoms with E-state index in [1.807, 2.05) is 36.4 Å². The molecule has 6 nitrogen and oxygen atoms in total. The first-order valence-corrected chi connectivity index (χ1v) is 10.1. The van der Waals surface area contributed by atoms with Gasteiger partial charge in [0.05, 0.1) is 12.1 Å². The molecule has 1 unspecified atom stereocenters. The van der Waals surface area contributed by atoms with Gasteiger partial charge in [-0.3, -0.25) is 4.79 Å². The molecule has 0 spiro atoms. The molecule has 0 aliphatic carbocycles. The average Bonchev–Trinajstić information content (AvgIpc) is 3.03. The maximum atomic E-state index is 12.8. The van der Waals surface area contributed by atoms with E-state index in [2.05, 4.69) is 9.88 Å². The zero-order chi connectivity index (χ0) is 19.3. The Kier molecular flexibility index (Phi) is 5.65. The molecule has 6 heteroatoms. The maximum Gasteiger partial charge on any atom is 0.255 e. The first-order valence-electron chi connectivity index (χ1n) is 10.1. The first-order chi connectivity index (χ1) is 13.7. The molecule has 2 aromatic rings. The molecule has 0 saturated carbocycles. The smallest absolute Gasteiger partial charge is 0.255 e. The second-order valence-corrected chi connectivity index (χ2v) is 7.49. The quantitative estimate of drug-likeness (QED) is 0.813. The number of likely N-dealkylation sites (N-methyl/N-ethyl adjacent to an activating group) is 1. The largest absolute Gasteiger partial charge is 0.486 e. The van der Waals surface area contributed by atoms with Crippen molar-refractivity contribution in [3.8, 4) is 11.5 Å². The second-order valence-electron chi connectivity index (χ2n) is 7.49. The van der Waals surface area contributed by atoms with Gasteiger partial charge in [-0.05, 0) is 37.1 Å². The van der Waals surface area contributed by atoms with Crippen molar-refractivity contribution in [2.75, 3.05) is 38.2 Å². The van der Waals surface area contributed by atoms with Crippen LogP contribution in [-0.4, -0.2) is 55.2 Å². The lowest BCUT2D eigenvalue weighted by atomic mass is 10.2. The highest BCUT2D eigenvalue weighted by molar-refractivity contribution is 5.94. The number of pyridine rings is 1. The van der Waals surface area contributed by atoms with Crippen LogP contribution in [0.15, 0.2) is 42.6 Å². The Morgan fingerprint density at radius 2 is 1.86 bits per heavy atom. The predicted octanol–water partition coefficient (Wildman–Crippen LogP) is 3.37. The van der Waals surface area contributed by atoms with Gasteiger partial charge in [-0.15, -0.1) is 0 Å². The summed E-state index contributed by atoms with van der Waals surface area (Å²) in [4.78, 5) is 21.3. The monoisotopic (exact) mass is 381 g/mol. The summed E-state index contributed by atoms with van der Waals surface area (Å²) >= 11 is 0. The van der Waals surface area contributed by atoms with Crippen LogP contribution in [-0.2, 0) is 0 Å². The Morgan fingerprint density at radius 3 is 2.57 bits per heavy atom. The van der Waals surface area contributed by atoms with Gasteiger partial charge >= 0.3 is 0 Å². The molecule has 1 amide bonds. The lowest BCUT2D eigenvalue weighted by molar-refractivity contribution is 0.0520.